The normalized spacial score (nSPS) is 15.4. The highest BCUT2D eigenvalue weighted by Crippen LogP contribution is 2.31. The first-order chi connectivity index (χ1) is 6.77. The molecule has 4 heteroatoms. The van der Waals surface area contributed by atoms with Crippen molar-refractivity contribution in [3.63, 3.8) is 0 Å². The summed E-state index contributed by atoms with van der Waals surface area (Å²) in [5.74, 6) is 1.51. The Labute approximate surface area is 82.8 Å². The number of benzene rings is 1. The fourth-order valence-corrected chi connectivity index (χ4v) is 1.39. The van der Waals surface area contributed by atoms with Gasteiger partial charge in [0.2, 0.25) is 0 Å². The van der Waals surface area contributed by atoms with E-state index < -0.39 is 6.17 Å². The van der Waals surface area contributed by atoms with Crippen LogP contribution in [0.1, 0.15) is 18.2 Å². The third-order valence-corrected chi connectivity index (χ3v) is 2.16. The Morgan fingerprint density at radius 1 is 1.07 bits per heavy atom. The van der Waals surface area contributed by atoms with Gasteiger partial charge in [-0.2, -0.15) is 0 Å². The highest BCUT2D eigenvalue weighted by Gasteiger charge is 2.11. The number of rotatable bonds is 1. The van der Waals surface area contributed by atoms with Crippen LogP contribution in [0, 0.1) is 0 Å². The van der Waals surface area contributed by atoms with Crippen LogP contribution in [0.2, 0.25) is 0 Å². The number of fused-ring (bicyclic) bond motifs is 1. The van der Waals surface area contributed by atoms with Crippen molar-refractivity contribution in [3.8, 4) is 11.5 Å². The van der Waals surface area contributed by atoms with Crippen LogP contribution in [0.3, 0.4) is 0 Å². The maximum absolute atomic E-state index is 5.57. The van der Waals surface area contributed by atoms with Gasteiger partial charge in [0.15, 0.2) is 11.5 Å². The predicted molar refractivity (Wildman–Crippen MR) is 53.2 cm³/mol. The number of hydrogen-bond acceptors (Lipinski definition) is 4. The monoisotopic (exact) mass is 194 g/mol. The second-order valence-electron chi connectivity index (χ2n) is 3.28. The lowest BCUT2D eigenvalue weighted by Crippen LogP contribution is -2.19. The molecule has 0 radical (unpaired) electrons. The SMILES string of the molecule is NC(N)c1ccc2c(c1)OCCCO2. The summed E-state index contributed by atoms with van der Waals surface area (Å²) in [6.45, 7) is 1.37. The molecule has 0 amide bonds. The molecule has 1 aromatic carbocycles. The van der Waals surface area contributed by atoms with Crippen LogP contribution in [0.25, 0.3) is 0 Å². The number of nitrogens with two attached hydrogens (primary N) is 2. The summed E-state index contributed by atoms with van der Waals surface area (Å²) < 4.78 is 11.0. The van der Waals surface area contributed by atoms with E-state index in [0.717, 1.165) is 23.5 Å². The van der Waals surface area contributed by atoms with E-state index in [1.165, 1.54) is 0 Å². The van der Waals surface area contributed by atoms with Gasteiger partial charge < -0.3 is 20.9 Å². The smallest absolute Gasteiger partial charge is 0.161 e. The van der Waals surface area contributed by atoms with Gasteiger partial charge in [-0.3, -0.25) is 0 Å². The molecule has 1 aliphatic heterocycles. The van der Waals surface area contributed by atoms with Crippen molar-refractivity contribution >= 4 is 0 Å². The minimum Gasteiger partial charge on any atom is -0.490 e. The molecule has 0 spiro atoms. The van der Waals surface area contributed by atoms with Crippen molar-refractivity contribution in [1.82, 2.24) is 0 Å². The van der Waals surface area contributed by atoms with Gasteiger partial charge in [-0.1, -0.05) is 6.07 Å². The number of hydrogen-bond donors (Lipinski definition) is 2. The molecule has 0 fully saturated rings. The summed E-state index contributed by atoms with van der Waals surface area (Å²) >= 11 is 0. The topological polar surface area (TPSA) is 70.5 Å². The maximum atomic E-state index is 5.57. The van der Waals surface area contributed by atoms with E-state index in [1.807, 2.05) is 18.2 Å². The van der Waals surface area contributed by atoms with Crippen molar-refractivity contribution in [3.05, 3.63) is 23.8 Å². The first-order valence-electron chi connectivity index (χ1n) is 4.68. The minimum atomic E-state index is -0.466. The van der Waals surface area contributed by atoms with Crippen LogP contribution in [0.5, 0.6) is 11.5 Å². The fraction of sp³-hybridized carbons (Fsp3) is 0.400. The Hall–Kier alpha value is -1.26. The lowest BCUT2D eigenvalue weighted by molar-refractivity contribution is 0.297. The Morgan fingerprint density at radius 3 is 2.50 bits per heavy atom. The molecule has 1 heterocycles. The van der Waals surface area contributed by atoms with Crippen LogP contribution in [0.15, 0.2) is 18.2 Å². The summed E-state index contributed by atoms with van der Waals surface area (Å²) in [6, 6.07) is 5.55. The van der Waals surface area contributed by atoms with Crippen LogP contribution in [0.4, 0.5) is 0 Å². The van der Waals surface area contributed by atoms with Crippen molar-refractivity contribution in [1.29, 1.82) is 0 Å². The largest absolute Gasteiger partial charge is 0.490 e. The van der Waals surface area contributed by atoms with E-state index in [-0.39, 0.29) is 0 Å². The molecule has 0 unspecified atom stereocenters. The third kappa shape index (κ3) is 1.81. The van der Waals surface area contributed by atoms with Crippen LogP contribution >= 0.6 is 0 Å². The van der Waals surface area contributed by atoms with E-state index in [1.54, 1.807) is 0 Å². The molecule has 0 bridgehead atoms. The quantitative estimate of drug-likeness (QED) is 0.648. The van der Waals surface area contributed by atoms with Crippen molar-refractivity contribution < 1.29 is 9.47 Å². The van der Waals surface area contributed by atoms with Gasteiger partial charge in [-0.25, -0.2) is 0 Å². The molecule has 0 saturated heterocycles. The second-order valence-corrected chi connectivity index (χ2v) is 3.28. The van der Waals surface area contributed by atoms with Gasteiger partial charge in [0, 0.05) is 6.42 Å². The maximum Gasteiger partial charge on any atom is 0.161 e. The van der Waals surface area contributed by atoms with Gasteiger partial charge in [-0.05, 0) is 17.7 Å². The van der Waals surface area contributed by atoms with E-state index in [2.05, 4.69) is 0 Å². The van der Waals surface area contributed by atoms with Crippen molar-refractivity contribution in [2.45, 2.75) is 12.6 Å². The lowest BCUT2D eigenvalue weighted by atomic mass is 10.1. The van der Waals surface area contributed by atoms with Gasteiger partial charge in [0.05, 0.1) is 19.4 Å². The molecule has 14 heavy (non-hydrogen) atoms. The predicted octanol–water partition coefficient (Wildman–Crippen LogP) is 0.764. The third-order valence-electron chi connectivity index (χ3n) is 2.16. The van der Waals surface area contributed by atoms with E-state index in [0.29, 0.717) is 13.2 Å². The Kier molecular flexibility index (Phi) is 2.56. The average molecular weight is 194 g/mol. The zero-order valence-corrected chi connectivity index (χ0v) is 7.90. The molecule has 0 saturated carbocycles. The van der Waals surface area contributed by atoms with Crippen molar-refractivity contribution in [2.24, 2.45) is 11.5 Å². The van der Waals surface area contributed by atoms with Gasteiger partial charge in [0.1, 0.15) is 0 Å². The molecular formula is C10H14N2O2. The van der Waals surface area contributed by atoms with E-state index in [9.17, 15) is 0 Å². The first-order valence-corrected chi connectivity index (χ1v) is 4.68. The molecule has 0 atom stereocenters. The summed E-state index contributed by atoms with van der Waals surface area (Å²) in [5, 5.41) is 0. The molecule has 76 valence electrons. The molecular weight excluding hydrogens is 180 g/mol. The van der Waals surface area contributed by atoms with Crippen LogP contribution < -0.4 is 20.9 Å². The Bertz CT molecular complexity index is 326. The van der Waals surface area contributed by atoms with E-state index in [4.69, 9.17) is 20.9 Å². The van der Waals surface area contributed by atoms with Crippen molar-refractivity contribution in [2.75, 3.05) is 13.2 Å². The molecule has 0 aliphatic carbocycles. The highest BCUT2D eigenvalue weighted by molar-refractivity contribution is 5.44. The van der Waals surface area contributed by atoms with Gasteiger partial charge in [-0.15, -0.1) is 0 Å². The zero-order chi connectivity index (χ0) is 9.97. The summed E-state index contributed by atoms with van der Waals surface area (Å²) in [4.78, 5) is 0. The van der Waals surface area contributed by atoms with Crippen LogP contribution in [-0.4, -0.2) is 13.2 Å². The summed E-state index contributed by atoms with van der Waals surface area (Å²) in [6.07, 6.45) is 0.436. The standard InChI is InChI=1S/C10H14N2O2/c11-10(12)7-2-3-8-9(6-7)14-5-1-4-13-8/h2-3,6,10H,1,4-5,11-12H2. The molecule has 4 N–H and O–H groups in total. The van der Waals surface area contributed by atoms with Gasteiger partial charge in [0.25, 0.3) is 0 Å². The summed E-state index contributed by atoms with van der Waals surface area (Å²) in [5.41, 5.74) is 12.0. The van der Waals surface area contributed by atoms with Gasteiger partial charge >= 0.3 is 0 Å². The minimum absolute atomic E-state index is 0.466. The zero-order valence-electron chi connectivity index (χ0n) is 7.90. The highest BCUT2D eigenvalue weighted by atomic mass is 16.5. The molecule has 1 aliphatic rings. The average Bonchev–Trinajstić information content (AvgIpc) is 2.41. The molecule has 2 rings (SSSR count). The molecule has 0 aromatic heterocycles. The fourth-order valence-electron chi connectivity index (χ4n) is 1.39. The summed E-state index contributed by atoms with van der Waals surface area (Å²) in [7, 11) is 0. The van der Waals surface area contributed by atoms with Crippen LogP contribution in [-0.2, 0) is 0 Å². The second kappa shape index (κ2) is 3.86. The number of ether oxygens (including phenoxy) is 2. The van der Waals surface area contributed by atoms with E-state index >= 15 is 0 Å². The Morgan fingerprint density at radius 2 is 1.79 bits per heavy atom. The Balaban J connectivity index is 2.32. The molecule has 4 nitrogen and oxygen atoms in total. The lowest BCUT2D eigenvalue weighted by Gasteiger charge is -2.11. The first kappa shape index (κ1) is 9.30. The molecule has 1 aromatic rings.